The van der Waals surface area contributed by atoms with E-state index in [1.807, 2.05) is 0 Å². The Balaban J connectivity index is 3.22. The van der Waals surface area contributed by atoms with Crippen LogP contribution >= 0.6 is 11.6 Å². The summed E-state index contributed by atoms with van der Waals surface area (Å²) in [7, 11) is -4.20. The highest BCUT2D eigenvalue weighted by molar-refractivity contribution is 8.18. The van der Waals surface area contributed by atoms with Crippen molar-refractivity contribution < 1.29 is 30.9 Å². The number of nitroso groups, excluding NO2 is 1. The van der Waals surface area contributed by atoms with Crippen molar-refractivity contribution >= 4 is 26.4 Å². The van der Waals surface area contributed by atoms with Crippen LogP contribution in [0.1, 0.15) is 19.5 Å². The van der Waals surface area contributed by atoms with Gasteiger partial charge in [-0.2, -0.15) is 22.0 Å². The average molecular weight is 475 g/mol. The lowest BCUT2D eigenvalue weighted by Crippen LogP contribution is -2.40. The van der Waals surface area contributed by atoms with Crippen LogP contribution in [0.15, 0.2) is 52.2 Å². The fraction of sp³-hybridized carbons (Fsp3) is 0.389. The average Bonchev–Trinajstić information content (AvgIpc) is 2.67. The van der Waals surface area contributed by atoms with E-state index in [0.29, 0.717) is 0 Å². The summed E-state index contributed by atoms with van der Waals surface area (Å²) in [4.78, 5) is 15.4. The van der Waals surface area contributed by atoms with E-state index in [1.165, 1.54) is 38.3 Å². The number of ether oxygens (including phenoxy) is 1. The quantitative estimate of drug-likeness (QED) is 0.146. The number of hydrogen-bond acceptors (Lipinski definition) is 4. The molecule has 1 rings (SSSR count). The lowest BCUT2D eigenvalue weighted by Gasteiger charge is -2.30. The van der Waals surface area contributed by atoms with Gasteiger partial charge in [0, 0.05) is 25.8 Å². The first kappa shape index (κ1) is 25.9. The molecule has 0 N–H and O–H groups in total. The van der Waals surface area contributed by atoms with Gasteiger partial charge in [0.2, 0.25) is 0 Å². The maximum Gasteiger partial charge on any atom is 0.456 e. The van der Waals surface area contributed by atoms with Gasteiger partial charge in [-0.3, -0.25) is 4.21 Å². The number of halogens is 6. The van der Waals surface area contributed by atoms with Gasteiger partial charge in [-0.1, -0.05) is 25.1 Å². The van der Waals surface area contributed by atoms with E-state index >= 15 is 0 Å². The van der Waals surface area contributed by atoms with Crippen molar-refractivity contribution in [1.29, 1.82) is 0 Å². The molecule has 0 fully saturated rings. The molecule has 5 nitrogen and oxygen atoms in total. The molecule has 0 aromatic carbocycles. The maximum absolute atomic E-state index is 13.2. The molecule has 168 valence electrons. The number of hydrogen-bond donors (Lipinski definition) is 0. The highest BCUT2D eigenvalue weighted by atomic mass is 35.5. The Bertz CT molecular complexity index is 960. The summed E-state index contributed by atoms with van der Waals surface area (Å²) in [5, 5.41) is -0.00713. The zero-order valence-corrected chi connectivity index (χ0v) is 17.9. The molecule has 0 aliphatic rings. The van der Waals surface area contributed by atoms with Gasteiger partial charge in [0.1, 0.15) is 10.9 Å². The van der Waals surface area contributed by atoms with Crippen LogP contribution in [0.2, 0.25) is 5.15 Å². The Morgan fingerprint density at radius 1 is 1.30 bits per heavy atom. The zero-order chi connectivity index (χ0) is 23.4. The molecular formula is C18H20ClF5N2O3S. The topological polar surface area (TPSA) is 68.6 Å². The fourth-order valence-corrected chi connectivity index (χ4v) is 3.80. The second kappa shape index (κ2) is 8.93. The minimum absolute atomic E-state index is 0.00713. The van der Waals surface area contributed by atoms with Crippen LogP contribution in [0.25, 0.3) is 5.57 Å². The van der Waals surface area contributed by atoms with Crippen LogP contribution < -0.4 is 0 Å². The standard InChI is InChI=1S/C18H20ClF5N2O3S/c1-5-13(29-11-17(20,21)18(22,23)24)8-7-12(3)16-14(9-10-15(19)25-16)30(4,28,6-2)26-27/h5,7-10H,3,6,11H2,1-2,4H3/b8-7-,13-5+. The van der Waals surface area contributed by atoms with Crippen molar-refractivity contribution in [3.63, 3.8) is 0 Å². The van der Waals surface area contributed by atoms with Crippen molar-refractivity contribution in [2.45, 2.75) is 30.8 Å². The molecule has 0 saturated heterocycles. The third-order valence-electron chi connectivity index (χ3n) is 4.13. The van der Waals surface area contributed by atoms with Gasteiger partial charge in [-0.15, -0.1) is 4.91 Å². The Kier molecular flexibility index (Phi) is 7.70. The highest BCUT2D eigenvalue weighted by Gasteiger charge is 2.58. The van der Waals surface area contributed by atoms with Gasteiger partial charge in [0.15, 0.2) is 6.61 Å². The molecule has 0 spiro atoms. The summed E-state index contributed by atoms with van der Waals surface area (Å²) < 4.78 is 83.4. The minimum Gasteiger partial charge on any atom is -0.487 e. The first-order valence-electron chi connectivity index (χ1n) is 8.36. The second-order valence-corrected chi connectivity index (χ2v) is 10.9. The lowest BCUT2D eigenvalue weighted by atomic mass is 10.1. The second-order valence-electron chi connectivity index (χ2n) is 6.37. The number of alkyl halides is 5. The van der Waals surface area contributed by atoms with E-state index in [9.17, 15) is 31.1 Å². The number of nitrogens with zero attached hydrogens (tertiary/aromatic N) is 2. The molecule has 0 unspecified atom stereocenters. The van der Waals surface area contributed by atoms with Crippen LogP contribution in [0.3, 0.4) is 0 Å². The van der Waals surface area contributed by atoms with Crippen molar-refractivity contribution in [2.24, 2.45) is 4.58 Å². The van der Waals surface area contributed by atoms with Crippen molar-refractivity contribution in [1.82, 2.24) is 4.98 Å². The molecule has 1 aromatic rings. The van der Waals surface area contributed by atoms with E-state index in [2.05, 4.69) is 20.9 Å². The van der Waals surface area contributed by atoms with E-state index < -0.39 is 28.0 Å². The summed E-state index contributed by atoms with van der Waals surface area (Å²) in [5.74, 6) is -5.46. The van der Waals surface area contributed by atoms with E-state index in [-0.39, 0.29) is 32.8 Å². The molecule has 0 saturated carbocycles. The molecule has 1 aromatic heterocycles. The Morgan fingerprint density at radius 3 is 2.37 bits per heavy atom. The number of pyridine rings is 1. The third kappa shape index (κ3) is 5.72. The number of allylic oxidation sites excluding steroid dienone is 4. The van der Waals surface area contributed by atoms with Crippen LogP contribution in [0.5, 0.6) is 0 Å². The summed E-state index contributed by atoms with van der Waals surface area (Å²) in [5.41, 5.74) is 0.0200. The van der Waals surface area contributed by atoms with Crippen molar-refractivity contribution in [3.05, 3.63) is 58.5 Å². The molecule has 0 amide bonds. The summed E-state index contributed by atoms with van der Waals surface area (Å²) >= 11 is 5.87. The van der Waals surface area contributed by atoms with Crippen LogP contribution in [0, 0.1) is 4.91 Å². The molecule has 12 heteroatoms. The lowest BCUT2D eigenvalue weighted by molar-refractivity contribution is -0.293. The molecule has 0 bridgehead atoms. The Labute approximate surface area is 175 Å². The largest absolute Gasteiger partial charge is 0.487 e. The van der Waals surface area contributed by atoms with E-state index in [0.717, 1.165) is 12.2 Å². The van der Waals surface area contributed by atoms with Crippen LogP contribution in [-0.2, 0) is 14.0 Å². The molecule has 0 aliphatic carbocycles. The predicted molar refractivity (Wildman–Crippen MR) is 107 cm³/mol. The Hall–Kier alpha value is -2.14. The van der Waals surface area contributed by atoms with Crippen molar-refractivity contribution in [2.75, 3.05) is 18.6 Å². The fourth-order valence-electron chi connectivity index (χ4n) is 2.07. The van der Waals surface area contributed by atoms with E-state index in [4.69, 9.17) is 11.6 Å². The summed E-state index contributed by atoms with van der Waals surface area (Å²) in [6.07, 6.45) is -1.15. The van der Waals surface area contributed by atoms with E-state index in [1.54, 1.807) is 0 Å². The van der Waals surface area contributed by atoms with Gasteiger partial charge in [-0.05, 0) is 42.9 Å². The van der Waals surface area contributed by atoms with Crippen molar-refractivity contribution in [3.8, 4) is 0 Å². The molecule has 30 heavy (non-hydrogen) atoms. The molecular weight excluding hydrogens is 455 g/mol. The Morgan fingerprint density at radius 2 is 1.90 bits per heavy atom. The highest BCUT2D eigenvalue weighted by Crippen LogP contribution is 2.39. The summed E-state index contributed by atoms with van der Waals surface area (Å²) in [6.45, 7) is 4.66. The van der Waals surface area contributed by atoms with Gasteiger partial charge in [-0.25, -0.2) is 4.98 Å². The van der Waals surface area contributed by atoms with Crippen LogP contribution in [0.4, 0.5) is 22.0 Å². The molecule has 1 heterocycles. The summed E-state index contributed by atoms with van der Waals surface area (Å²) in [6, 6.07) is 2.63. The minimum atomic E-state index is -5.75. The molecule has 0 radical (unpaired) electrons. The number of rotatable bonds is 9. The first-order valence-corrected chi connectivity index (χ1v) is 11.2. The number of aromatic nitrogens is 1. The SMILES string of the molecule is C=C(/C=C\C(=C/C)OCC(F)(F)C(F)(F)F)c1nc(Cl)ccc1S(C)(=O)(CC)N=O. The predicted octanol–water partition coefficient (Wildman–Crippen LogP) is 5.93. The van der Waals surface area contributed by atoms with Gasteiger partial charge in [0.25, 0.3) is 0 Å². The molecule has 0 aliphatic heterocycles. The third-order valence-corrected chi connectivity index (χ3v) is 7.55. The van der Waals surface area contributed by atoms with Crippen LogP contribution in [-0.4, -0.2) is 39.9 Å². The first-order chi connectivity index (χ1) is 13.6. The monoisotopic (exact) mass is 474 g/mol. The van der Waals surface area contributed by atoms with Gasteiger partial charge < -0.3 is 4.74 Å². The normalized spacial score (nSPS) is 15.0. The smallest absolute Gasteiger partial charge is 0.456 e. The molecule has 0 atom stereocenters. The zero-order valence-electron chi connectivity index (χ0n) is 16.3. The van der Waals surface area contributed by atoms with Gasteiger partial charge >= 0.3 is 12.1 Å². The van der Waals surface area contributed by atoms with Gasteiger partial charge in [0.05, 0.1) is 10.6 Å². The maximum atomic E-state index is 13.2.